The lowest BCUT2D eigenvalue weighted by Crippen LogP contribution is -2.11. The van der Waals surface area contributed by atoms with Crippen LogP contribution in [0.5, 0.6) is 5.75 Å². The van der Waals surface area contributed by atoms with E-state index < -0.39 is 0 Å². The molecule has 5 heteroatoms. The smallest absolute Gasteiger partial charge is 0.124 e. The first-order valence-electron chi connectivity index (χ1n) is 5.80. The molecule has 1 aromatic heterocycles. The quantitative estimate of drug-likeness (QED) is 0.883. The summed E-state index contributed by atoms with van der Waals surface area (Å²) in [7, 11) is 0. The van der Waals surface area contributed by atoms with E-state index in [0.29, 0.717) is 24.5 Å². The zero-order valence-electron chi connectivity index (χ0n) is 10.2. The molecule has 0 spiro atoms. The highest BCUT2D eigenvalue weighted by Crippen LogP contribution is 2.24. The summed E-state index contributed by atoms with van der Waals surface area (Å²) in [5.74, 6) is 0.329. The van der Waals surface area contributed by atoms with Gasteiger partial charge in [0.05, 0.1) is 12.9 Å². The highest BCUT2D eigenvalue weighted by Gasteiger charge is 2.09. The molecule has 0 amide bonds. The van der Waals surface area contributed by atoms with Crippen molar-refractivity contribution in [3.05, 3.63) is 48.3 Å². The van der Waals surface area contributed by atoms with Crippen molar-refractivity contribution >= 4 is 0 Å². The lowest BCUT2D eigenvalue weighted by Gasteiger charge is -2.14. The van der Waals surface area contributed by atoms with Crippen LogP contribution in [0.1, 0.15) is 18.5 Å². The molecule has 0 fully saturated rings. The molecule has 2 N–H and O–H groups in total. The standard InChI is InChI=1S/C13H16FN3O/c1-10(15)12-8-11(14)2-3-13(12)18-7-6-17-5-4-16-9-17/h2-5,8-10H,6-7,15H2,1H3/t10-/m1/s1. The molecule has 0 aliphatic rings. The summed E-state index contributed by atoms with van der Waals surface area (Å²) in [6.07, 6.45) is 5.30. The molecule has 2 rings (SSSR count). The first-order chi connectivity index (χ1) is 8.66. The van der Waals surface area contributed by atoms with Gasteiger partial charge in [-0.2, -0.15) is 0 Å². The van der Waals surface area contributed by atoms with Gasteiger partial charge in [0, 0.05) is 24.0 Å². The van der Waals surface area contributed by atoms with Crippen LogP contribution < -0.4 is 10.5 Å². The molecule has 4 nitrogen and oxygen atoms in total. The molecule has 18 heavy (non-hydrogen) atoms. The second-order valence-electron chi connectivity index (χ2n) is 4.12. The Hall–Kier alpha value is -1.88. The number of nitrogens with zero attached hydrogens (tertiary/aromatic N) is 2. The fourth-order valence-electron chi connectivity index (χ4n) is 1.69. The molecule has 96 valence electrons. The SMILES string of the molecule is C[C@@H](N)c1cc(F)ccc1OCCn1ccnc1. The summed E-state index contributed by atoms with van der Waals surface area (Å²) < 4.78 is 20.7. The van der Waals surface area contributed by atoms with Crippen molar-refractivity contribution in [3.8, 4) is 5.75 Å². The Labute approximate surface area is 105 Å². The van der Waals surface area contributed by atoms with Crippen molar-refractivity contribution in [3.63, 3.8) is 0 Å². The molecule has 0 radical (unpaired) electrons. The van der Waals surface area contributed by atoms with Crippen LogP contribution in [-0.4, -0.2) is 16.2 Å². The third-order valence-corrected chi connectivity index (χ3v) is 2.63. The zero-order chi connectivity index (χ0) is 13.0. The summed E-state index contributed by atoms with van der Waals surface area (Å²) in [4.78, 5) is 3.94. The number of rotatable bonds is 5. The molecule has 0 unspecified atom stereocenters. The Balaban J connectivity index is 2.00. The van der Waals surface area contributed by atoms with E-state index in [-0.39, 0.29) is 11.9 Å². The second kappa shape index (κ2) is 5.64. The van der Waals surface area contributed by atoms with Gasteiger partial charge in [-0.05, 0) is 25.1 Å². The van der Waals surface area contributed by atoms with Gasteiger partial charge < -0.3 is 15.0 Å². The molecule has 0 aliphatic heterocycles. The van der Waals surface area contributed by atoms with Crippen molar-refractivity contribution < 1.29 is 9.13 Å². The summed E-state index contributed by atoms with van der Waals surface area (Å²) >= 11 is 0. The normalized spacial score (nSPS) is 12.4. The third kappa shape index (κ3) is 3.07. The number of hydrogen-bond acceptors (Lipinski definition) is 3. The maximum Gasteiger partial charge on any atom is 0.124 e. The van der Waals surface area contributed by atoms with Gasteiger partial charge >= 0.3 is 0 Å². The van der Waals surface area contributed by atoms with E-state index in [4.69, 9.17) is 10.5 Å². The lowest BCUT2D eigenvalue weighted by atomic mass is 10.1. The van der Waals surface area contributed by atoms with Crippen molar-refractivity contribution in [2.45, 2.75) is 19.5 Å². The maximum absolute atomic E-state index is 13.1. The first kappa shape index (κ1) is 12.6. The molecule has 2 aromatic rings. The number of benzene rings is 1. The molecule has 1 aromatic carbocycles. The van der Waals surface area contributed by atoms with E-state index in [9.17, 15) is 4.39 Å². The average Bonchev–Trinajstić information content (AvgIpc) is 2.84. The number of hydrogen-bond donors (Lipinski definition) is 1. The Morgan fingerprint density at radius 2 is 2.33 bits per heavy atom. The summed E-state index contributed by atoms with van der Waals surface area (Å²) in [6, 6.07) is 4.14. The van der Waals surface area contributed by atoms with Gasteiger partial charge in [0.15, 0.2) is 0 Å². The van der Waals surface area contributed by atoms with E-state index >= 15 is 0 Å². The summed E-state index contributed by atoms with van der Waals surface area (Å²) in [5, 5.41) is 0. The average molecular weight is 249 g/mol. The lowest BCUT2D eigenvalue weighted by molar-refractivity contribution is 0.293. The van der Waals surface area contributed by atoms with Gasteiger partial charge in [-0.1, -0.05) is 0 Å². The molecule has 0 bridgehead atoms. The number of imidazole rings is 1. The minimum atomic E-state index is -0.302. The molecule has 0 aliphatic carbocycles. The number of nitrogens with two attached hydrogens (primary N) is 1. The van der Waals surface area contributed by atoms with Crippen molar-refractivity contribution in [1.29, 1.82) is 0 Å². The van der Waals surface area contributed by atoms with Gasteiger partial charge in [0.1, 0.15) is 18.2 Å². The summed E-state index contributed by atoms with van der Waals surface area (Å²) in [6.45, 7) is 2.98. The van der Waals surface area contributed by atoms with Crippen LogP contribution in [0.15, 0.2) is 36.9 Å². The number of aromatic nitrogens is 2. The van der Waals surface area contributed by atoms with Gasteiger partial charge in [0.25, 0.3) is 0 Å². The highest BCUT2D eigenvalue weighted by atomic mass is 19.1. The Kier molecular flexibility index (Phi) is 3.94. The monoisotopic (exact) mass is 249 g/mol. The summed E-state index contributed by atoms with van der Waals surface area (Å²) in [5.41, 5.74) is 6.47. The van der Waals surface area contributed by atoms with Crippen molar-refractivity contribution in [2.75, 3.05) is 6.61 Å². The molecule has 1 heterocycles. The van der Waals surface area contributed by atoms with Gasteiger partial charge in [-0.3, -0.25) is 0 Å². The van der Waals surface area contributed by atoms with E-state index in [0.717, 1.165) is 0 Å². The third-order valence-electron chi connectivity index (χ3n) is 2.63. The number of halogens is 1. The second-order valence-corrected chi connectivity index (χ2v) is 4.12. The van der Waals surface area contributed by atoms with Crippen LogP contribution in [-0.2, 0) is 6.54 Å². The van der Waals surface area contributed by atoms with Crippen LogP contribution >= 0.6 is 0 Å². The van der Waals surface area contributed by atoms with E-state index in [1.165, 1.54) is 12.1 Å². The van der Waals surface area contributed by atoms with Crippen LogP contribution in [0.4, 0.5) is 4.39 Å². The van der Waals surface area contributed by atoms with Crippen LogP contribution in [0.25, 0.3) is 0 Å². The first-order valence-corrected chi connectivity index (χ1v) is 5.80. The van der Waals surface area contributed by atoms with Gasteiger partial charge in [-0.25, -0.2) is 9.37 Å². The van der Waals surface area contributed by atoms with Crippen molar-refractivity contribution in [1.82, 2.24) is 9.55 Å². The van der Waals surface area contributed by atoms with Gasteiger partial charge in [0.2, 0.25) is 0 Å². The minimum absolute atomic E-state index is 0.260. The molecule has 0 saturated carbocycles. The largest absolute Gasteiger partial charge is 0.491 e. The predicted molar refractivity (Wildman–Crippen MR) is 66.7 cm³/mol. The van der Waals surface area contributed by atoms with Crippen LogP contribution in [0.3, 0.4) is 0 Å². The highest BCUT2D eigenvalue weighted by molar-refractivity contribution is 5.36. The van der Waals surface area contributed by atoms with Crippen LogP contribution in [0, 0.1) is 5.82 Å². The van der Waals surface area contributed by atoms with Crippen molar-refractivity contribution in [2.24, 2.45) is 5.73 Å². The fourth-order valence-corrected chi connectivity index (χ4v) is 1.69. The van der Waals surface area contributed by atoms with E-state index in [2.05, 4.69) is 4.98 Å². The van der Waals surface area contributed by atoms with Gasteiger partial charge in [-0.15, -0.1) is 0 Å². The molecule has 1 atom stereocenters. The van der Waals surface area contributed by atoms with E-state index in [1.54, 1.807) is 25.5 Å². The topological polar surface area (TPSA) is 53.1 Å². The minimum Gasteiger partial charge on any atom is -0.491 e. The fraction of sp³-hybridized carbons (Fsp3) is 0.308. The van der Waals surface area contributed by atoms with E-state index in [1.807, 2.05) is 10.8 Å². The molecule has 0 saturated heterocycles. The maximum atomic E-state index is 13.1. The molecular weight excluding hydrogens is 233 g/mol. The predicted octanol–water partition coefficient (Wildman–Crippen LogP) is 2.12. The van der Waals surface area contributed by atoms with Crippen LogP contribution in [0.2, 0.25) is 0 Å². The molecular formula is C13H16FN3O. The Morgan fingerprint density at radius 1 is 1.50 bits per heavy atom. The Morgan fingerprint density at radius 3 is 3.00 bits per heavy atom. The zero-order valence-corrected chi connectivity index (χ0v) is 10.2. The number of ether oxygens (including phenoxy) is 1. The Bertz CT molecular complexity index is 497.